The van der Waals surface area contributed by atoms with Crippen LogP contribution in [0.5, 0.6) is 0 Å². The zero-order valence-corrected chi connectivity index (χ0v) is 14.6. The fourth-order valence-electron chi connectivity index (χ4n) is 3.22. The standard InChI is InChI=1S/C20H14ClF3N2/c1-20(23,24)14-10-12(7-8-16(14)22)18-17-6-3-9-26(17)19-13(11-25-18)4-2-5-15(19)21/h2-10H,11H2,1H3. The molecule has 4 rings (SSSR count). The van der Waals surface area contributed by atoms with Gasteiger partial charge in [0.15, 0.2) is 0 Å². The molecule has 0 bridgehead atoms. The summed E-state index contributed by atoms with van der Waals surface area (Å²) in [5.74, 6) is -4.21. The molecular formula is C20H14ClF3N2. The van der Waals surface area contributed by atoms with Crippen LogP contribution in [0.3, 0.4) is 0 Å². The van der Waals surface area contributed by atoms with Gasteiger partial charge in [-0.2, -0.15) is 0 Å². The minimum absolute atomic E-state index is 0.349. The third-order valence-electron chi connectivity index (χ3n) is 4.42. The molecule has 26 heavy (non-hydrogen) atoms. The van der Waals surface area contributed by atoms with Crippen LogP contribution in [0.4, 0.5) is 13.2 Å². The summed E-state index contributed by atoms with van der Waals surface area (Å²) in [6, 6.07) is 12.9. The third-order valence-corrected chi connectivity index (χ3v) is 4.73. The fourth-order valence-corrected chi connectivity index (χ4v) is 3.50. The van der Waals surface area contributed by atoms with Gasteiger partial charge in [0, 0.05) is 18.7 Å². The van der Waals surface area contributed by atoms with Crippen molar-refractivity contribution in [2.75, 3.05) is 0 Å². The molecule has 0 aliphatic carbocycles. The largest absolute Gasteiger partial charge is 0.313 e. The van der Waals surface area contributed by atoms with Gasteiger partial charge in [0.25, 0.3) is 5.92 Å². The number of aromatic nitrogens is 1. The van der Waals surface area contributed by atoms with Crippen LogP contribution in [0.25, 0.3) is 5.69 Å². The van der Waals surface area contributed by atoms with Crippen molar-refractivity contribution in [2.24, 2.45) is 4.99 Å². The molecule has 0 atom stereocenters. The molecular weight excluding hydrogens is 361 g/mol. The minimum Gasteiger partial charge on any atom is -0.313 e. The van der Waals surface area contributed by atoms with E-state index in [1.54, 1.807) is 6.07 Å². The van der Waals surface area contributed by atoms with E-state index in [1.807, 2.05) is 35.0 Å². The van der Waals surface area contributed by atoms with Crippen molar-refractivity contribution in [1.29, 1.82) is 0 Å². The van der Waals surface area contributed by atoms with Crippen molar-refractivity contribution in [3.8, 4) is 5.69 Å². The van der Waals surface area contributed by atoms with Gasteiger partial charge in [0.05, 0.1) is 34.2 Å². The highest BCUT2D eigenvalue weighted by molar-refractivity contribution is 6.32. The van der Waals surface area contributed by atoms with Crippen LogP contribution in [-0.4, -0.2) is 10.3 Å². The third kappa shape index (κ3) is 2.72. The van der Waals surface area contributed by atoms with Crippen LogP contribution in [0, 0.1) is 5.82 Å². The summed E-state index contributed by atoms with van der Waals surface area (Å²) in [6.45, 7) is 1.03. The SMILES string of the molecule is CC(F)(F)c1cc(C2=NCc3cccc(Cl)c3-n3cccc32)ccc1F. The number of hydrogen-bond donors (Lipinski definition) is 0. The average Bonchev–Trinajstić information content (AvgIpc) is 2.98. The molecule has 2 nitrogen and oxygen atoms in total. The molecule has 1 aromatic heterocycles. The quantitative estimate of drug-likeness (QED) is 0.545. The number of fused-ring (bicyclic) bond motifs is 3. The highest BCUT2D eigenvalue weighted by atomic mass is 35.5. The van der Waals surface area contributed by atoms with Gasteiger partial charge in [0.2, 0.25) is 0 Å². The molecule has 0 unspecified atom stereocenters. The molecule has 0 saturated carbocycles. The van der Waals surface area contributed by atoms with Crippen LogP contribution in [0.1, 0.15) is 29.3 Å². The Hall–Kier alpha value is -2.53. The molecule has 0 saturated heterocycles. The Morgan fingerprint density at radius 2 is 1.92 bits per heavy atom. The van der Waals surface area contributed by atoms with Crippen molar-refractivity contribution >= 4 is 17.3 Å². The topological polar surface area (TPSA) is 17.3 Å². The lowest BCUT2D eigenvalue weighted by Gasteiger charge is -2.15. The first-order valence-electron chi connectivity index (χ1n) is 8.04. The molecule has 0 amide bonds. The summed E-state index contributed by atoms with van der Waals surface area (Å²) in [5.41, 5.74) is 2.77. The van der Waals surface area contributed by atoms with Gasteiger partial charge in [-0.25, -0.2) is 13.2 Å². The number of alkyl halides is 2. The van der Waals surface area contributed by atoms with Crippen molar-refractivity contribution < 1.29 is 13.2 Å². The highest BCUT2D eigenvalue weighted by Gasteiger charge is 2.29. The second kappa shape index (κ2) is 6.02. The van der Waals surface area contributed by atoms with E-state index in [-0.39, 0.29) is 0 Å². The monoisotopic (exact) mass is 374 g/mol. The van der Waals surface area contributed by atoms with Crippen LogP contribution >= 0.6 is 11.6 Å². The normalized spacial score (nSPS) is 13.7. The lowest BCUT2D eigenvalue weighted by molar-refractivity contribution is 0.0137. The van der Waals surface area contributed by atoms with E-state index < -0.39 is 17.3 Å². The Bertz CT molecular complexity index is 1030. The molecule has 0 spiro atoms. The van der Waals surface area contributed by atoms with E-state index in [9.17, 15) is 13.2 Å². The van der Waals surface area contributed by atoms with Gasteiger partial charge in [-0.15, -0.1) is 0 Å². The van der Waals surface area contributed by atoms with Crippen LogP contribution < -0.4 is 0 Å². The first kappa shape index (κ1) is 16.9. The summed E-state index contributed by atoms with van der Waals surface area (Å²) in [4.78, 5) is 4.61. The van der Waals surface area contributed by atoms with Crippen molar-refractivity contribution in [3.05, 3.63) is 88.0 Å². The molecule has 1 aliphatic heterocycles. The number of halogens is 4. The van der Waals surface area contributed by atoms with E-state index in [4.69, 9.17) is 11.6 Å². The number of aliphatic imine (C=N–C) groups is 1. The van der Waals surface area contributed by atoms with Gasteiger partial charge < -0.3 is 4.57 Å². The molecule has 2 aromatic carbocycles. The second-order valence-corrected chi connectivity index (χ2v) is 6.67. The van der Waals surface area contributed by atoms with Gasteiger partial charge in [-0.05, 0) is 42.0 Å². The summed E-state index contributed by atoms with van der Waals surface area (Å²) < 4.78 is 43.2. The molecule has 0 N–H and O–H groups in total. The number of nitrogens with zero attached hydrogens (tertiary/aromatic N) is 2. The molecule has 0 fully saturated rings. The van der Waals surface area contributed by atoms with Crippen molar-refractivity contribution in [3.63, 3.8) is 0 Å². The molecule has 2 heterocycles. The summed E-state index contributed by atoms with van der Waals surface area (Å²) in [5, 5.41) is 0.580. The Morgan fingerprint density at radius 1 is 1.12 bits per heavy atom. The lowest BCUT2D eigenvalue weighted by atomic mass is 10.0. The maximum absolute atomic E-state index is 13.9. The molecule has 1 aliphatic rings. The van der Waals surface area contributed by atoms with Crippen molar-refractivity contribution in [1.82, 2.24) is 4.57 Å². The number of para-hydroxylation sites is 1. The maximum atomic E-state index is 13.9. The van der Waals surface area contributed by atoms with Gasteiger partial charge in [-0.1, -0.05) is 23.7 Å². The highest BCUT2D eigenvalue weighted by Crippen LogP contribution is 2.33. The smallest absolute Gasteiger partial charge is 0.273 e. The first-order chi connectivity index (χ1) is 12.4. The number of hydrogen-bond acceptors (Lipinski definition) is 1. The predicted molar refractivity (Wildman–Crippen MR) is 96.1 cm³/mol. The number of rotatable bonds is 2. The van der Waals surface area contributed by atoms with Crippen LogP contribution in [0.15, 0.2) is 59.7 Å². The predicted octanol–water partition coefficient (Wildman–Crippen LogP) is 5.73. The van der Waals surface area contributed by atoms with E-state index in [2.05, 4.69) is 4.99 Å². The molecule has 6 heteroatoms. The second-order valence-electron chi connectivity index (χ2n) is 6.26. The zero-order valence-electron chi connectivity index (χ0n) is 13.8. The van der Waals surface area contributed by atoms with E-state index in [1.165, 1.54) is 12.1 Å². The Kier molecular flexibility index (Phi) is 3.92. The summed E-state index contributed by atoms with van der Waals surface area (Å²) >= 11 is 6.38. The minimum atomic E-state index is -3.28. The van der Waals surface area contributed by atoms with Gasteiger partial charge in [-0.3, -0.25) is 4.99 Å². The zero-order chi connectivity index (χ0) is 18.5. The lowest BCUT2D eigenvalue weighted by Crippen LogP contribution is -2.14. The molecule has 3 aromatic rings. The summed E-state index contributed by atoms with van der Waals surface area (Å²) in [7, 11) is 0. The van der Waals surface area contributed by atoms with Crippen LogP contribution in [0.2, 0.25) is 5.02 Å². The van der Waals surface area contributed by atoms with Gasteiger partial charge in [0.1, 0.15) is 5.82 Å². The Balaban J connectivity index is 1.91. The van der Waals surface area contributed by atoms with Crippen molar-refractivity contribution in [2.45, 2.75) is 19.4 Å². The Labute approximate surface area is 153 Å². The fraction of sp³-hybridized carbons (Fsp3) is 0.150. The van der Waals surface area contributed by atoms with E-state index >= 15 is 0 Å². The molecule has 0 radical (unpaired) electrons. The summed E-state index contributed by atoms with van der Waals surface area (Å²) in [6.07, 6.45) is 1.85. The number of benzene rings is 2. The first-order valence-corrected chi connectivity index (χ1v) is 8.42. The van der Waals surface area contributed by atoms with E-state index in [0.717, 1.165) is 17.3 Å². The van der Waals surface area contributed by atoms with E-state index in [0.29, 0.717) is 35.5 Å². The molecule has 132 valence electrons. The van der Waals surface area contributed by atoms with Gasteiger partial charge >= 0.3 is 0 Å². The maximum Gasteiger partial charge on any atom is 0.273 e. The Morgan fingerprint density at radius 3 is 2.69 bits per heavy atom. The average molecular weight is 375 g/mol. The van der Waals surface area contributed by atoms with Crippen LogP contribution in [-0.2, 0) is 12.5 Å².